The van der Waals surface area contributed by atoms with E-state index < -0.39 is 0 Å². The van der Waals surface area contributed by atoms with Crippen molar-refractivity contribution in [3.8, 4) is 11.5 Å². The van der Waals surface area contributed by atoms with Crippen LogP contribution in [0.5, 0.6) is 11.5 Å². The third kappa shape index (κ3) is 5.53. The summed E-state index contributed by atoms with van der Waals surface area (Å²) in [5.74, 6) is 1.19. The first-order valence-electron chi connectivity index (χ1n) is 10.5. The zero-order chi connectivity index (χ0) is 22.4. The Bertz CT molecular complexity index is 911. The zero-order valence-corrected chi connectivity index (χ0v) is 18.7. The van der Waals surface area contributed by atoms with E-state index in [1.54, 1.807) is 34.5 Å². The molecular formula is C22H31N5O4. The highest BCUT2D eigenvalue weighted by atomic mass is 16.5. The van der Waals surface area contributed by atoms with Crippen molar-refractivity contribution in [2.75, 3.05) is 34.9 Å². The molecule has 31 heavy (non-hydrogen) atoms. The third-order valence-corrected chi connectivity index (χ3v) is 5.66. The van der Waals surface area contributed by atoms with Gasteiger partial charge in [-0.1, -0.05) is 11.3 Å². The van der Waals surface area contributed by atoms with Crippen molar-refractivity contribution < 1.29 is 19.1 Å². The summed E-state index contributed by atoms with van der Waals surface area (Å²) in [6.07, 6.45) is 6.29. The summed E-state index contributed by atoms with van der Waals surface area (Å²) < 4.78 is 12.1. The predicted molar refractivity (Wildman–Crippen MR) is 115 cm³/mol. The van der Waals surface area contributed by atoms with Gasteiger partial charge < -0.3 is 19.3 Å². The number of benzene rings is 1. The van der Waals surface area contributed by atoms with Gasteiger partial charge in [-0.3, -0.25) is 9.59 Å². The van der Waals surface area contributed by atoms with Gasteiger partial charge in [-0.2, -0.15) is 0 Å². The fraction of sp³-hybridized carbons (Fsp3) is 0.545. The SMILES string of the molecule is COc1ccc(CCC2CCCCN2C(=O)c2cn(CC(=O)N(C)C)nn2)cc1OC. The molecule has 9 nitrogen and oxygen atoms in total. The minimum Gasteiger partial charge on any atom is -0.493 e. The largest absolute Gasteiger partial charge is 0.493 e. The summed E-state index contributed by atoms with van der Waals surface area (Å²) in [5.41, 5.74) is 1.42. The number of hydrogen-bond acceptors (Lipinski definition) is 6. The van der Waals surface area contributed by atoms with Gasteiger partial charge in [0.1, 0.15) is 6.54 Å². The van der Waals surface area contributed by atoms with Gasteiger partial charge in [-0.15, -0.1) is 5.10 Å². The number of rotatable bonds is 8. The number of hydrogen-bond donors (Lipinski definition) is 0. The van der Waals surface area contributed by atoms with Crippen LogP contribution in [-0.2, 0) is 17.8 Å². The molecule has 1 fully saturated rings. The quantitative estimate of drug-likeness (QED) is 0.638. The molecule has 0 bridgehead atoms. The minimum absolute atomic E-state index is 0.0655. The fourth-order valence-corrected chi connectivity index (χ4v) is 3.84. The van der Waals surface area contributed by atoms with Crippen molar-refractivity contribution in [1.29, 1.82) is 0 Å². The lowest BCUT2D eigenvalue weighted by molar-refractivity contribution is -0.129. The minimum atomic E-state index is -0.124. The molecule has 1 atom stereocenters. The molecule has 0 spiro atoms. The molecule has 1 aliphatic heterocycles. The van der Waals surface area contributed by atoms with Gasteiger partial charge >= 0.3 is 0 Å². The number of likely N-dealkylation sites (tertiary alicyclic amines) is 1. The normalized spacial score (nSPS) is 16.1. The van der Waals surface area contributed by atoms with Crippen LogP contribution in [0.15, 0.2) is 24.4 Å². The van der Waals surface area contributed by atoms with E-state index in [0.29, 0.717) is 18.0 Å². The number of aryl methyl sites for hydroxylation is 1. The maximum absolute atomic E-state index is 13.1. The Balaban J connectivity index is 1.66. The Morgan fingerprint density at radius 3 is 2.65 bits per heavy atom. The Morgan fingerprint density at radius 2 is 1.94 bits per heavy atom. The highest BCUT2D eigenvalue weighted by Crippen LogP contribution is 2.29. The standard InChI is InChI=1S/C22H31N5O4/c1-25(2)21(28)15-26-14-18(23-24-26)22(29)27-12-6-5-7-17(27)10-8-16-9-11-19(30-3)20(13-16)31-4/h9,11,13-14,17H,5-8,10,12,15H2,1-4H3. The molecule has 0 saturated carbocycles. The van der Waals surface area contributed by atoms with Crippen LogP contribution < -0.4 is 9.47 Å². The molecule has 1 unspecified atom stereocenters. The molecule has 2 amide bonds. The molecule has 1 aromatic heterocycles. The van der Waals surface area contributed by atoms with E-state index >= 15 is 0 Å². The van der Waals surface area contributed by atoms with E-state index in [4.69, 9.17) is 9.47 Å². The second-order valence-corrected chi connectivity index (χ2v) is 7.97. The molecular weight excluding hydrogens is 398 g/mol. The molecule has 0 aliphatic carbocycles. The highest BCUT2D eigenvalue weighted by molar-refractivity contribution is 5.92. The van der Waals surface area contributed by atoms with E-state index in [1.807, 2.05) is 23.1 Å². The lowest BCUT2D eigenvalue weighted by atomic mass is 9.95. The molecule has 2 heterocycles. The summed E-state index contributed by atoms with van der Waals surface area (Å²) in [7, 11) is 6.61. The molecule has 2 aromatic rings. The number of piperidine rings is 1. The number of nitrogens with zero attached hydrogens (tertiary/aromatic N) is 5. The number of likely N-dealkylation sites (N-methyl/N-ethyl adjacent to an activating group) is 1. The van der Waals surface area contributed by atoms with Crippen molar-refractivity contribution >= 4 is 11.8 Å². The molecule has 1 aliphatic rings. The van der Waals surface area contributed by atoms with Crippen LogP contribution >= 0.6 is 0 Å². The maximum Gasteiger partial charge on any atom is 0.276 e. The lowest BCUT2D eigenvalue weighted by Gasteiger charge is -2.35. The molecule has 9 heteroatoms. The van der Waals surface area contributed by atoms with Gasteiger partial charge in [0.15, 0.2) is 17.2 Å². The van der Waals surface area contributed by atoms with Gasteiger partial charge in [-0.25, -0.2) is 4.68 Å². The van der Waals surface area contributed by atoms with E-state index in [1.165, 1.54) is 9.58 Å². The second kappa shape index (κ2) is 10.3. The highest BCUT2D eigenvalue weighted by Gasteiger charge is 2.29. The number of methoxy groups -OCH3 is 2. The van der Waals surface area contributed by atoms with Crippen LogP contribution in [0.1, 0.15) is 41.7 Å². The van der Waals surface area contributed by atoms with Gasteiger partial charge in [0.25, 0.3) is 5.91 Å². The number of carbonyl (C=O) groups is 2. The van der Waals surface area contributed by atoms with Crippen molar-refractivity contribution in [1.82, 2.24) is 24.8 Å². The monoisotopic (exact) mass is 429 g/mol. The molecule has 0 N–H and O–H groups in total. The van der Waals surface area contributed by atoms with E-state index in [2.05, 4.69) is 10.3 Å². The van der Waals surface area contributed by atoms with Crippen molar-refractivity contribution in [3.05, 3.63) is 35.7 Å². The van der Waals surface area contributed by atoms with E-state index in [-0.39, 0.29) is 30.1 Å². The van der Waals surface area contributed by atoms with Gasteiger partial charge in [0.2, 0.25) is 5.91 Å². The zero-order valence-electron chi connectivity index (χ0n) is 18.7. The smallest absolute Gasteiger partial charge is 0.276 e. The van der Waals surface area contributed by atoms with Crippen molar-refractivity contribution in [2.24, 2.45) is 0 Å². The third-order valence-electron chi connectivity index (χ3n) is 5.66. The Labute approximate surface area is 182 Å². The molecule has 1 saturated heterocycles. The molecule has 0 radical (unpaired) electrons. The summed E-state index contributed by atoms with van der Waals surface area (Å²) in [6, 6.07) is 6.07. The lowest BCUT2D eigenvalue weighted by Crippen LogP contribution is -2.44. The van der Waals surface area contributed by atoms with Crippen molar-refractivity contribution in [2.45, 2.75) is 44.7 Å². The predicted octanol–water partition coefficient (Wildman–Crippen LogP) is 2.01. The second-order valence-electron chi connectivity index (χ2n) is 7.97. The summed E-state index contributed by atoms with van der Waals surface area (Å²) in [6.45, 7) is 0.773. The topological polar surface area (TPSA) is 89.8 Å². The average molecular weight is 430 g/mol. The van der Waals surface area contributed by atoms with Crippen LogP contribution in [0.3, 0.4) is 0 Å². The summed E-state index contributed by atoms with van der Waals surface area (Å²) >= 11 is 0. The number of aromatic nitrogens is 3. The molecule has 3 rings (SSSR count). The molecule has 168 valence electrons. The number of carbonyl (C=O) groups excluding carboxylic acids is 2. The maximum atomic E-state index is 13.1. The number of ether oxygens (including phenoxy) is 2. The van der Waals surface area contributed by atoms with Crippen LogP contribution in [-0.4, -0.2) is 77.5 Å². The Kier molecular flexibility index (Phi) is 7.49. The molecule has 1 aromatic carbocycles. The Morgan fingerprint density at radius 1 is 1.16 bits per heavy atom. The first-order chi connectivity index (χ1) is 14.9. The van der Waals surface area contributed by atoms with E-state index in [9.17, 15) is 9.59 Å². The number of amides is 2. The van der Waals surface area contributed by atoms with Gasteiger partial charge in [0, 0.05) is 26.7 Å². The first-order valence-corrected chi connectivity index (χ1v) is 10.5. The van der Waals surface area contributed by atoms with Crippen LogP contribution in [0.25, 0.3) is 0 Å². The van der Waals surface area contributed by atoms with E-state index in [0.717, 1.165) is 37.7 Å². The Hall–Kier alpha value is -3.10. The summed E-state index contributed by atoms with van der Waals surface area (Å²) in [5, 5.41) is 7.97. The van der Waals surface area contributed by atoms with Crippen LogP contribution in [0.4, 0.5) is 0 Å². The summed E-state index contributed by atoms with van der Waals surface area (Å²) in [4.78, 5) is 28.4. The average Bonchev–Trinajstić information content (AvgIpc) is 3.25. The fourth-order valence-electron chi connectivity index (χ4n) is 3.84. The van der Waals surface area contributed by atoms with Crippen LogP contribution in [0, 0.1) is 0 Å². The van der Waals surface area contributed by atoms with Gasteiger partial charge in [-0.05, 0) is 49.8 Å². The van der Waals surface area contributed by atoms with Crippen LogP contribution in [0.2, 0.25) is 0 Å². The first kappa shape index (κ1) is 22.6. The van der Waals surface area contributed by atoms with Crippen molar-refractivity contribution in [3.63, 3.8) is 0 Å². The van der Waals surface area contributed by atoms with Gasteiger partial charge in [0.05, 0.1) is 20.4 Å².